The molecule has 1 saturated heterocycles. The van der Waals surface area contributed by atoms with Crippen LogP contribution in [0.3, 0.4) is 0 Å². The molecule has 5 aromatic rings. The molecule has 0 spiro atoms. The van der Waals surface area contributed by atoms with Crippen LogP contribution in [-0.2, 0) is 25.2 Å². The summed E-state index contributed by atoms with van der Waals surface area (Å²) < 4.78 is 11.9. The topological polar surface area (TPSA) is 72.9 Å². The largest absolute Gasteiger partial charge is 0.497 e. The van der Waals surface area contributed by atoms with Crippen LogP contribution in [0, 0.1) is 15.4 Å². The number of imide groups is 1. The van der Waals surface area contributed by atoms with Crippen molar-refractivity contribution in [3.63, 3.8) is 0 Å². The smallest absolute Gasteiger partial charge is 0.239 e. The molecule has 2 bridgehead atoms. The van der Waals surface area contributed by atoms with E-state index < -0.39 is 22.7 Å². The number of ketones is 1. The Bertz CT molecular complexity index is 2000. The first-order chi connectivity index (χ1) is 23.4. The van der Waals surface area contributed by atoms with Crippen LogP contribution in [0.5, 0.6) is 11.5 Å². The highest BCUT2D eigenvalue weighted by Crippen LogP contribution is 2.74. The van der Waals surface area contributed by atoms with Gasteiger partial charge in [0.15, 0.2) is 5.78 Å². The zero-order chi connectivity index (χ0) is 33.2. The lowest BCUT2D eigenvalue weighted by atomic mass is 9.59. The lowest BCUT2D eigenvalue weighted by molar-refractivity contribution is -0.130. The van der Waals surface area contributed by atoms with Crippen molar-refractivity contribution in [3.8, 4) is 11.5 Å². The summed E-state index contributed by atoms with van der Waals surface area (Å²) in [6.45, 7) is 0. The van der Waals surface area contributed by atoms with Crippen LogP contribution in [0.1, 0.15) is 22.3 Å². The second kappa shape index (κ2) is 11.3. The summed E-state index contributed by atoms with van der Waals surface area (Å²) in [6, 6.07) is 41.7. The lowest BCUT2D eigenvalue weighted by Crippen LogP contribution is -2.45. The van der Waals surface area contributed by atoms with Gasteiger partial charge in [0, 0.05) is 3.57 Å². The van der Waals surface area contributed by atoms with E-state index in [1.165, 1.54) is 4.90 Å². The van der Waals surface area contributed by atoms with Gasteiger partial charge in [0.1, 0.15) is 11.5 Å². The highest BCUT2D eigenvalue weighted by molar-refractivity contribution is 14.1. The van der Waals surface area contributed by atoms with Crippen molar-refractivity contribution in [2.75, 3.05) is 19.1 Å². The van der Waals surface area contributed by atoms with Gasteiger partial charge in [0.2, 0.25) is 11.8 Å². The number of ether oxygens (including phenoxy) is 2. The number of carbonyl (C=O) groups excluding carboxylic acids is 3. The first-order valence-electron chi connectivity index (χ1n) is 15.7. The predicted octanol–water partition coefficient (Wildman–Crippen LogP) is 7.50. The van der Waals surface area contributed by atoms with Crippen molar-refractivity contribution in [3.05, 3.63) is 159 Å². The summed E-state index contributed by atoms with van der Waals surface area (Å²) >= 11 is 2.19. The minimum atomic E-state index is -1.48. The highest BCUT2D eigenvalue weighted by Gasteiger charge is 2.82. The van der Waals surface area contributed by atoms with E-state index in [4.69, 9.17) is 9.47 Å². The van der Waals surface area contributed by atoms with Crippen molar-refractivity contribution in [1.29, 1.82) is 0 Å². The van der Waals surface area contributed by atoms with Crippen LogP contribution in [0.15, 0.2) is 133 Å². The van der Waals surface area contributed by atoms with Gasteiger partial charge in [-0.3, -0.25) is 14.4 Å². The molecule has 8 rings (SSSR count). The number of anilines is 1. The molecule has 2 fully saturated rings. The number of rotatable bonds is 7. The van der Waals surface area contributed by atoms with E-state index in [0.717, 1.165) is 25.8 Å². The van der Waals surface area contributed by atoms with Gasteiger partial charge in [0.25, 0.3) is 0 Å². The minimum absolute atomic E-state index is 0.164. The number of allylic oxidation sites excluding steroid dienone is 2. The van der Waals surface area contributed by atoms with E-state index in [2.05, 4.69) is 22.6 Å². The number of Topliss-reactive ketones (excluding diaryl/α,β-unsaturated/α-hetero) is 1. The first kappa shape index (κ1) is 30.3. The third-order valence-corrected chi connectivity index (χ3v) is 10.9. The second-order valence-electron chi connectivity index (χ2n) is 12.3. The SMILES string of the molecule is COc1ccc(C2=C(c3ccc(OC)cc3)[C@@]3(c4ccccc4)C(=O)[C@@]2(c2ccccc2)[C@@H]2C(=O)N(c4cccc(I)c4)C(=O)[C@H]23)cc1. The van der Waals surface area contributed by atoms with Crippen LogP contribution in [0.2, 0.25) is 0 Å². The van der Waals surface area contributed by atoms with Crippen LogP contribution < -0.4 is 14.4 Å². The van der Waals surface area contributed by atoms with E-state index in [1.54, 1.807) is 20.3 Å². The number of hydrogen-bond donors (Lipinski definition) is 0. The number of methoxy groups -OCH3 is 2. The fraction of sp³-hybridized carbons (Fsp3) is 0.146. The molecular formula is C41H30INO5. The second-order valence-corrected chi connectivity index (χ2v) is 13.6. The molecule has 0 aromatic heterocycles. The summed E-state index contributed by atoms with van der Waals surface area (Å²) in [4.78, 5) is 47.5. The maximum absolute atomic E-state index is 16.0. The molecule has 2 amide bonds. The molecule has 0 N–H and O–H groups in total. The summed E-state index contributed by atoms with van der Waals surface area (Å²) in [5, 5.41) is 0. The zero-order valence-electron chi connectivity index (χ0n) is 26.2. The average Bonchev–Trinajstić information content (AvgIpc) is 3.64. The maximum Gasteiger partial charge on any atom is 0.239 e. The fourth-order valence-electron chi connectivity index (χ4n) is 8.51. The Morgan fingerprint density at radius 2 is 1.00 bits per heavy atom. The molecule has 3 aliphatic rings. The molecule has 236 valence electrons. The molecule has 4 atom stereocenters. The van der Waals surface area contributed by atoms with Crippen LogP contribution in [0.4, 0.5) is 5.69 Å². The van der Waals surface area contributed by atoms with Gasteiger partial charge in [-0.15, -0.1) is 0 Å². The van der Waals surface area contributed by atoms with Gasteiger partial charge in [-0.2, -0.15) is 0 Å². The Labute approximate surface area is 292 Å². The van der Waals surface area contributed by atoms with Gasteiger partial charge in [-0.25, -0.2) is 4.90 Å². The van der Waals surface area contributed by atoms with E-state index in [9.17, 15) is 0 Å². The van der Waals surface area contributed by atoms with Crippen molar-refractivity contribution < 1.29 is 23.9 Å². The fourth-order valence-corrected chi connectivity index (χ4v) is 9.04. The molecule has 1 aliphatic heterocycles. The zero-order valence-corrected chi connectivity index (χ0v) is 28.4. The van der Waals surface area contributed by atoms with E-state index in [0.29, 0.717) is 28.3 Å². The minimum Gasteiger partial charge on any atom is -0.497 e. The number of carbonyl (C=O) groups is 3. The number of fused-ring (bicyclic) bond motifs is 5. The molecule has 5 aromatic carbocycles. The number of benzene rings is 5. The summed E-state index contributed by atoms with van der Waals surface area (Å²) in [5.74, 6) is -1.55. The molecule has 0 radical (unpaired) electrons. The van der Waals surface area contributed by atoms with E-state index >= 15 is 14.4 Å². The number of nitrogens with zero attached hydrogens (tertiary/aromatic N) is 1. The van der Waals surface area contributed by atoms with Crippen LogP contribution >= 0.6 is 22.6 Å². The molecule has 1 saturated carbocycles. The summed E-state index contributed by atoms with van der Waals surface area (Å²) in [5.41, 5.74) is 1.92. The Kier molecular flexibility index (Phi) is 7.14. The van der Waals surface area contributed by atoms with E-state index in [-0.39, 0.29) is 17.6 Å². The summed E-state index contributed by atoms with van der Waals surface area (Å²) in [6.07, 6.45) is 0. The molecule has 2 aliphatic carbocycles. The Balaban J connectivity index is 1.55. The predicted molar refractivity (Wildman–Crippen MR) is 193 cm³/mol. The van der Waals surface area contributed by atoms with Crippen LogP contribution in [0.25, 0.3) is 11.1 Å². The highest BCUT2D eigenvalue weighted by atomic mass is 127. The molecule has 48 heavy (non-hydrogen) atoms. The lowest BCUT2D eigenvalue weighted by Gasteiger charge is -2.39. The number of amides is 2. The standard InChI is InChI=1S/C41H30INO5/c1-47-31-20-16-25(17-21-31)33-34(26-18-22-32(48-2)23-19-26)41(28-12-7-4-8-13-28)36-35(40(33,39(41)46)27-10-5-3-6-11-27)37(44)43(38(36)45)30-15-9-14-29(42)24-30/h3-24,35-36H,1-2H3/t35-,36-,40+,41+/m0/s1. The monoisotopic (exact) mass is 743 g/mol. The third-order valence-electron chi connectivity index (χ3n) is 10.3. The van der Waals surface area contributed by atoms with E-state index in [1.807, 2.05) is 127 Å². The third kappa shape index (κ3) is 3.94. The van der Waals surface area contributed by atoms with Gasteiger partial charge in [0.05, 0.1) is 42.6 Å². The van der Waals surface area contributed by atoms with Gasteiger partial charge < -0.3 is 9.47 Å². The molecule has 0 unspecified atom stereocenters. The molecule has 7 heteroatoms. The molecule has 6 nitrogen and oxygen atoms in total. The molecular weight excluding hydrogens is 713 g/mol. The van der Waals surface area contributed by atoms with Crippen LogP contribution in [-0.4, -0.2) is 31.8 Å². The Morgan fingerprint density at radius 1 is 0.562 bits per heavy atom. The van der Waals surface area contributed by atoms with Crippen molar-refractivity contribution in [1.82, 2.24) is 0 Å². The van der Waals surface area contributed by atoms with Crippen molar-refractivity contribution >= 4 is 57.0 Å². The Morgan fingerprint density at radius 3 is 1.40 bits per heavy atom. The van der Waals surface area contributed by atoms with Gasteiger partial charge in [-0.1, -0.05) is 91.0 Å². The van der Waals surface area contributed by atoms with Gasteiger partial charge in [-0.05, 0) is 98.5 Å². The Hall–Kier alpha value is -5.02. The molecule has 1 heterocycles. The number of halogens is 1. The first-order valence-corrected chi connectivity index (χ1v) is 16.8. The normalized spacial score (nSPS) is 24.3. The van der Waals surface area contributed by atoms with Crippen molar-refractivity contribution in [2.45, 2.75) is 10.8 Å². The maximum atomic E-state index is 16.0. The number of hydrogen-bond acceptors (Lipinski definition) is 5. The van der Waals surface area contributed by atoms with Gasteiger partial charge >= 0.3 is 0 Å². The quantitative estimate of drug-likeness (QED) is 0.128. The summed E-state index contributed by atoms with van der Waals surface area (Å²) in [7, 11) is 3.22. The average molecular weight is 744 g/mol. The van der Waals surface area contributed by atoms with Crippen molar-refractivity contribution in [2.24, 2.45) is 11.8 Å².